The van der Waals surface area contributed by atoms with E-state index in [-0.39, 0.29) is 17.4 Å². The van der Waals surface area contributed by atoms with Gasteiger partial charge in [0.15, 0.2) is 0 Å². The Kier molecular flexibility index (Phi) is 5.17. The number of nitrogens with one attached hydrogen (secondary N) is 1. The maximum absolute atomic E-state index is 12.1. The number of halogens is 1. The van der Waals surface area contributed by atoms with Gasteiger partial charge in [-0.1, -0.05) is 23.7 Å². The maximum atomic E-state index is 12.1. The lowest BCUT2D eigenvalue weighted by atomic mass is 10.2. The van der Waals surface area contributed by atoms with Gasteiger partial charge < -0.3 is 5.11 Å². The third-order valence-electron chi connectivity index (χ3n) is 2.64. The van der Waals surface area contributed by atoms with Gasteiger partial charge in [0.05, 0.1) is 0 Å². The summed E-state index contributed by atoms with van der Waals surface area (Å²) in [4.78, 5) is 0.847. The highest BCUT2D eigenvalue weighted by molar-refractivity contribution is 7.91. The highest BCUT2D eigenvalue weighted by Crippen LogP contribution is 2.22. The molecule has 4 nitrogen and oxygen atoms in total. The minimum Gasteiger partial charge on any atom is -0.396 e. The zero-order chi connectivity index (χ0) is 14.6. The number of benzene rings is 1. The molecule has 7 heteroatoms. The molecule has 20 heavy (non-hydrogen) atoms. The summed E-state index contributed by atoms with van der Waals surface area (Å²) in [6.07, 6.45) is 0.470. The van der Waals surface area contributed by atoms with Crippen LogP contribution in [0.2, 0.25) is 5.02 Å². The van der Waals surface area contributed by atoms with Gasteiger partial charge in [-0.25, -0.2) is 13.1 Å². The lowest BCUT2D eigenvalue weighted by molar-refractivity contribution is 0.300. The largest absolute Gasteiger partial charge is 0.396 e. The molecule has 0 bridgehead atoms. The molecule has 0 amide bonds. The lowest BCUT2D eigenvalue weighted by Gasteiger charge is -2.05. The van der Waals surface area contributed by atoms with Gasteiger partial charge in [-0.2, -0.15) is 0 Å². The number of hydrogen-bond donors (Lipinski definition) is 2. The van der Waals surface area contributed by atoms with Crippen LogP contribution in [0.15, 0.2) is 40.6 Å². The molecule has 0 saturated carbocycles. The summed E-state index contributed by atoms with van der Waals surface area (Å²) >= 11 is 6.94. The predicted octanol–water partition coefficient (Wildman–Crippen LogP) is 2.41. The van der Waals surface area contributed by atoms with Crippen molar-refractivity contribution < 1.29 is 13.5 Å². The van der Waals surface area contributed by atoms with Crippen LogP contribution in [0.25, 0.3) is 0 Å². The molecule has 0 aliphatic heterocycles. The molecule has 0 aliphatic carbocycles. The summed E-state index contributed by atoms with van der Waals surface area (Å²) < 4.78 is 27.0. The molecule has 1 aromatic carbocycles. The Morgan fingerprint density at radius 2 is 1.85 bits per heavy atom. The quantitative estimate of drug-likeness (QED) is 0.854. The number of rotatable bonds is 6. The molecule has 0 saturated heterocycles. The second-order valence-corrected chi connectivity index (χ2v) is 7.74. The van der Waals surface area contributed by atoms with Gasteiger partial charge in [0.2, 0.25) is 10.0 Å². The first-order valence-corrected chi connectivity index (χ1v) is 8.63. The van der Waals surface area contributed by atoms with Crippen LogP contribution in [-0.2, 0) is 23.0 Å². The van der Waals surface area contributed by atoms with Crippen molar-refractivity contribution >= 4 is 33.0 Å². The molecule has 2 N–H and O–H groups in total. The van der Waals surface area contributed by atoms with E-state index in [0.29, 0.717) is 11.4 Å². The third-order valence-corrected chi connectivity index (χ3v) is 5.93. The number of sulfonamides is 1. The Morgan fingerprint density at radius 3 is 2.50 bits per heavy atom. The summed E-state index contributed by atoms with van der Waals surface area (Å²) in [5.41, 5.74) is 0.838. The molecule has 0 spiro atoms. The van der Waals surface area contributed by atoms with E-state index >= 15 is 0 Å². The van der Waals surface area contributed by atoms with E-state index in [1.165, 1.54) is 11.3 Å². The topological polar surface area (TPSA) is 66.4 Å². The Hall–Kier alpha value is -0.920. The molecule has 108 valence electrons. The van der Waals surface area contributed by atoms with Crippen molar-refractivity contribution in [2.45, 2.75) is 17.2 Å². The fourth-order valence-corrected chi connectivity index (χ4v) is 4.13. The first-order chi connectivity index (χ1) is 9.51. The summed E-state index contributed by atoms with van der Waals surface area (Å²) in [5.74, 6) is 0. The van der Waals surface area contributed by atoms with Crippen LogP contribution in [0.4, 0.5) is 0 Å². The molecule has 0 atom stereocenters. The van der Waals surface area contributed by atoms with E-state index in [1.807, 2.05) is 0 Å². The zero-order valence-corrected chi connectivity index (χ0v) is 12.9. The minimum absolute atomic E-state index is 0.0121. The monoisotopic (exact) mass is 331 g/mol. The summed E-state index contributed by atoms with van der Waals surface area (Å²) in [5, 5.41) is 9.45. The predicted molar refractivity (Wildman–Crippen MR) is 80.6 cm³/mol. The molecule has 0 unspecified atom stereocenters. The summed E-state index contributed by atoms with van der Waals surface area (Å²) in [6.45, 7) is 0.227. The molecular formula is C13H14ClNO3S2. The van der Waals surface area contributed by atoms with Crippen molar-refractivity contribution in [3.63, 3.8) is 0 Å². The van der Waals surface area contributed by atoms with Crippen molar-refractivity contribution in [2.75, 3.05) is 6.61 Å². The van der Waals surface area contributed by atoms with Gasteiger partial charge in [0.25, 0.3) is 0 Å². The van der Waals surface area contributed by atoms with Crippen molar-refractivity contribution in [3.05, 3.63) is 51.9 Å². The molecular weight excluding hydrogens is 318 g/mol. The van der Waals surface area contributed by atoms with Crippen LogP contribution >= 0.6 is 22.9 Å². The van der Waals surface area contributed by atoms with Crippen molar-refractivity contribution in [1.29, 1.82) is 0 Å². The first kappa shape index (κ1) is 15.5. The van der Waals surface area contributed by atoms with Gasteiger partial charge in [-0.15, -0.1) is 11.3 Å². The SMILES string of the molecule is O=S(=O)(NCc1ccc(Cl)cc1)c1ccc(CCO)s1. The highest BCUT2D eigenvalue weighted by Gasteiger charge is 2.16. The van der Waals surface area contributed by atoms with Gasteiger partial charge in [-0.3, -0.25) is 0 Å². The smallest absolute Gasteiger partial charge is 0.250 e. The van der Waals surface area contributed by atoms with E-state index in [9.17, 15) is 8.42 Å². The van der Waals surface area contributed by atoms with E-state index in [0.717, 1.165) is 10.4 Å². The summed E-state index contributed by atoms with van der Waals surface area (Å²) in [7, 11) is -3.51. The molecule has 2 aromatic rings. The third kappa shape index (κ3) is 4.04. The zero-order valence-electron chi connectivity index (χ0n) is 10.5. The fourth-order valence-electron chi connectivity index (χ4n) is 1.60. The van der Waals surface area contributed by atoms with E-state index < -0.39 is 10.0 Å². The highest BCUT2D eigenvalue weighted by atomic mass is 35.5. The Morgan fingerprint density at radius 1 is 1.15 bits per heavy atom. The van der Waals surface area contributed by atoms with E-state index in [4.69, 9.17) is 16.7 Å². The second-order valence-electron chi connectivity index (χ2n) is 4.15. The van der Waals surface area contributed by atoms with Crippen LogP contribution in [0.5, 0.6) is 0 Å². The number of hydrogen-bond acceptors (Lipinski definition) is 4. The Bertz CT molecular complexity index is 665. The Balaban J connectivity index is 2.04. The van der Waals surface area contributed by atoms with Crippen molar-refractivity contribution in [2.24, 2.45) is 0 Å². The maximum Gasteiger partial charge on any atom is 0.250 e. The molecule has 2 rings (SSSR count). The minimum atomic E-state index is -3.51. The van der Waals surface area contributed by atoms with Crippen molar-refractivity contribution in [3.8, 4) is 0 Å². The molecule has 1 heterocycles. The molecule has 0 fully saturated rings. The second kappa shape index (κ2) is 6.69. The van der Waals surface area contributed by atoms with Gasteiger partial charge in [-0.05, 0) is 29.8 Å². The average Bonchev–Trinajstić information content (AvgIpc) is 2.88. The van der Waals surface area contributed by atoms with Crippen LogP contribution in [0.1, 0.15) is 10.4 Å². The number of thiophene rings is 1. The van der Waals surface area contributed by atoms with Gasteiger partial charge >= 0.3 is 0 Å². The Labute approximate surface area is 127 Å². The van der Waals surface area contributed by atoms with Crippen LogP contribution in [0.3, 0.4) is 0 Å². The normalized spacial score (nSPS) is 11.7. The van der Waals surface area contributed by atoms with Gasteiger partial charge in [0, 0.05) is 29.5 Å². The summed E-state index contributed by atoms with van der Waals surface area (Å²) in [6, 6.07) is 10.3. The van der Waals surface area contributed by atoms with Crippen LogP contribution in [0, 0.1) is 0 Å². The fraction of sp³-hybridized carbons (Fsp3) is 0.231. The van der Waals surface area contributed by atoms with E-state index in [1.54, 1.807) is 36.4 Å². The van der Waals surface area contributed by atoms with E-state index in [2.05, 4.69) is 4.72 Å². The average molecular weight is 332 g/mol. The standard InChI is InChI=1S/C13H14ClNO3S2/c14-11-3-1-10(2-4-11)9-15-20(17,18)13-6-5-12(19-13)7-8-16/h1-6,15-16H,7-9H2. The molecule has 0 aliphatic rings. The number of aliphatic hydroxyl groups is 1. The molecule has 0 radical (unpaired) electrons. The lowest BCUT2D eigenvalue weighted by Crippen LogP contribution is -2.22. The van der Waals surface area contributed by atoms with Crippen LogP contribution in [-0.4, -0.2) is 20.1 Å². The van der Waals surface area contributed by atoms with Crippen LogP contribution < -0.4 is 4.72 Å². The van der Waals surface area contributed by atoms with Gasteiger partial charge in [0.1, 0.15) is 4.21 Å². The molecule has 1 aromatic heterocycles. The first-order valence-electron chi connectivity index (χ1n) is 5.95. The van der Waals surface area contributed by atoms with Crippen molar-refractivity contribution in [1.82, 2.24) is 4.72 Å². The number of aliphatic hydroxyl groups excluding tert-OH is 1.